The highest BCUT2D eigenvalue weighted by molar-refractivity contribution is 5.97. The first-order chi connectivity index (χ1) is 12.9. The Bertz CT molecular complexity index is 594. The van der Waals surface area contributed by atoms with Crippen LogP contribution in [0.3, 0.4) is 0 Å². The first kappa shape index (κ1) is 24.1. The van der Waals surface area contributed by atoms with Crippen molar-refractivity contribution in [1.82, 2.24) is 4.90 Å². The lowest BCUT2D eigenvalue weighted by molar-refractivity contribution is -0.144. The minimum absolute atomic E-state index is 0.0234. The van der Waals surface area contributed by atoms with E-state index >= 15 is 0 Å². The van der Waals surface area contributed by atoms with Crippen molar-refractivity contribution in [2.24, 2.45) is 22.7 Å². The summed E-state index contributed by atoms with van der Waals surface area (Å²) in [6, 6.07) is 0. The molecule has 160 valence electrons. The molecular weight excluding hydrogens is 364 g/mol. The number of ether oxygens (including phenoxy) is 2. The number of carboxylic acid groups (broad SMARTS) is 1. The monoisotopic (exact) mass is 398 g/mol. The van der Waals surface area contributed by atoms with Crippen LogP contribution in [0.5, 0.6) is 0 Å². The fourth-order valence-corrected chi connectivity index (χ4v) is 3.01. The van der Waals surface area contributed by atoms with E-state index in [-0.39, 0.29) is 26.1 Å². The third kappa shape index (κ3) is 8.37. The van der Waals surface area contributed by atoms with Gasteiger partial charge in [-0.05, 0) is 46.5 Å². The van der Waals surface area contributed by atoms with Gasteiger partial charge in [-0.1, -0.05) is 13.8 Å². The summed E-state index contributed by atoms with van der Waals surface area (Å²) < 4.78 is 10.7. The topological polar surface area (TPSA) is 105 Å². The lowest BCUT2D eigenvalue weighted by Gasteiger charge is -2.35. The first-order valence-corrected chi connectivity index (χ1v) is 9.81. The predicted octanol–water partition coefficient (Wildman–Crippen LogP) is 2.99. The summed E-state index contributed by atoms with van der Waals surface area (Å²) in [5, 5.41) is 9.44. The van der Waals surface area contributed by atoms with Crippen LogP contribution in [0.4, 0.5) is 4.79 Å². The van der Waals surface area contributed by atoms with E-state index in [4.69, 9.17) is 9.47 Å². The molecule has 8 nitrogen and oxygen atoms in total. The lowest BCUT2D eigenvalue weighted by Crippen LogP contribution is -2.49. The van der Waals surface area contributed by atoms with Crippen molar-refractivity contribution in [3.8, 4) is 0 Å². The number of piperidine rings is 1. The number of hydrogen-bond acceptors (Lipinski definition) is 5. The molecule has 1 fully saturated rings. The average molecular weight is 399 g/mol. The molecule has 0 spiro atoms. The first-order valence-electron chi connectivity index (χ1n) is 9.81. The molecule has 1 rings (SSSR count). The van der Waals surface area contributed by atoms with Crippen molar-refractivity contribution < 1.29 is 29.0 Å². The number of carbonyl (C=O) groups excluding carboxylic acids is 2. The van der Waals surface area contributed by atoms with E-state index in [0.29, 0.717) is 24.7 Å². The third-order valence-electron chi connectivity index (χ3n) is 4.19. The summed E-state index contributed by atoms with van der Waals surface area (Å²) in [6.45, 7) is 12.0. The zero-order valence-corrected chi connectivity index (χ0v) is 17.9. The van der Waals surface area contributed by atoms with Crippen molar-refractivity contribution in [2.75, 3.05) is 26.3 Å². The molecule has 2 atom stereocenters. The highest BCUT2D eigenvalue weighted by Gasteiger charge is 2.38. The number of likely N-dealkylation sites (tertiary alicyclic amines) is 1. The summed E-state index contributed by atoms with van der Waals surface area (Å²) in [5.74, 6) is -2.64. The Hall–Kier alpha value is -1.96. The largest absolute Gasteiger partial charge is 0.481 e. The van der Waals surface area contributed by atoms with Crippen LogP contribution in [-0.2, 0) is 19.1 Å². The van der Waals surface area contributed by atoms with Gasteiger partial charge in [0.15, 0.2) is 0 Å². The zero-order chi connectivity index (χ0) is 21.5. The number of aliphatic carboxylic acids is 1. The summed E-state index contributed by atoms with van der Waals surface area (Å²) >= 11 is 0. The van der Waals surface area contributed by atoms with E-state index in [1.54, 1.807) is 20.8 Å². The molecule has 0 aliphatic carbocycles. The second-order valence-corrected chi connectivity index (χ2v) is 8.60. The van der Waals surface area contributed by atoms with Gasteiger partial charge in [0.2, 0.25) is 0 Å². The molecule has 0 saturated carbocycles. The maximum atomic E-state index is 12.8. The van der Waals surface area contributed by atoms with Crippen LogP contribution in [0.25, 0.3) is 0 Å². The minimum atomic E-state index is -1.04. The van der Waals surface area contributed by atoms with Gasteiger partial charge < -0.3 is 19.5 Å². The molecule has 0 unspecified atom stereocenters. The van der Waals surface area contributed by atoms with Crippen molar-refractivity contribution in [2.45, 2.75) is 60.0 Å². The van der Waals surface area contributed by atoms with Crippen LogP contribution in [-0.4, -0.2) is 65.6 Å². The van der Waals surface area contributed by atoms with E-state index in [0.717, 1.165) is 0 Å². The van der Waals surface area contributed by atoms with Crippen LogP contribution in [0.1, 0.15) is 54.4 Å². The Balaban J connectivity index is 2.98. The van der Waals surface area contributed by atoms with Crippen molar-refractivity contribution in [3.05, 3.63) is 0 Å². The predicted molar refractivity (Wildman–Crippen MR) is 105 cm³/mol. The van der Waals surface area contributed by atoms with Gasteiger partial charge >= 0.3 is 12.1 Å². The molecule has 1 aliphatic rings. The molecule has 0 aromatic rings. The average Bonchev–Trinajstić information content (AvgIpc) is 2.57. The van der Waals surface area contributed by atoms with E-state index in [1.807, 2.05) is 20.8 Å². The van der Waals surface area contributed by atoms with Crippen molar-refractivity contribution in [1.29, 1.82) is 0 Å². The molecule has 1 saturated heterocycles. The third-order valence-corrected chi connectivity index (χ3v) is 4.19. The van der Waals surface area contributed by atoms with E-state index in [9.17, 15) is 19.5 Å². The zero-order valence-electron chi connectivity index (χ0n) is 17.9. The number of hydrogen-bond donors (Lipinski definition) is 1. The molecule has 28 heavy (non-hydrogen) atoms. The molecular formula is C20H34N2O6. The molecule has 1 N–H and O–H groups in total. The van der Waals surface area contributed by atoms with Gasteiger partial charge in [0, 0.05) is 25.4 Å². The number of carboxylic acids is 1. The van der Waals surface area contributed by atoms with Gasteiger partial charge in [0.25, 0.3) is 5.91 Å². The van der Waals surface area contributed by atoms with Crippen molar-refractivity contribution >= 4 is 23.7 Å². The second-order valence-electron chi connectivity index (χ2n) is 8.60. The van der Waals surface area contributed by atoms with E-state index in [1.165, 1.54) is 4.90 Å². The Morgan fingerprint density at radius 2 is 1.79 bits per heavy atom. The Morgan fingerprint density at radius 3 is 2.29 bits per heavy atom. The molecule has 1 heterocycles. The quantitative estimate of drug-likeness (QED) is 0.661. The standard InChI is InChI=1S/C20H34N2O6/c1-7-27-12-16(8-13(2)3)21-17(23)14-9-15(18(24)25)11-22(10-14)19(26)28-20(4,5)6/h13-15H,7-12H2,1-6H3,(H,24,25)/t14-,15+/m0/s1. The second kappa shape index (κ2) is 10.5. The SMILES string of the molecule is CCOCC(CC(C)C)=NC(=O)[C@H]1C[C@@H](C(=O)O)CN(C(=O)OC(C)(C)C)C1. The molecule has 2 amide bonds. The van der Waals surface area contributed by atoms with Crippen LogP contribution in [0, 0.1) is 17.8 Å². The fourth-order valence-electron chi connectivity index (χ4n) is 3.01. The van der Waals surface area contributed by atoms with E-state index in [2.05, 4.69) is 4.99 Å². The number of nitrogens with zero attached hydrogens (tertiary/aromatic N) is 2. The van der Waals surface area contributed by atoms with Crippen LogP contribution in [0.2, 0.25) is 0 Å². The Morgan fingerprint density at radius 1 is 1.18 bits per heavy atom. The summed E-state index contributed by atoms with van der Waals surface area (Å²) in [7, 11) is 0. The van der Waals surface area contributed by atoms with Crippen molar-refractivity contribution in [3.63, 3.8) is 0 Å². The van der Waals surface area contributed by atoms with Gasteiger partial charge in [-0.3, -0.25) is 9.59 Å². The van der Waals surface area contributed by atoms with Gasteiger partial charge in [0.1, 0.15) is 5.60 Å². The van der Waals surface area contributed by atoms with Crippen LogP contribution >= 0.6 is 0 Å². The molecule has 0 radical (unpaired) electrons. The number of amides is 2. The number of carbonyl (C=O) groups is 3. The maximum absolute atomic E-state index is 12.8. The van der Waals surface area contributed by atoms with Gasteiger partial charge in [-0.2, -0.15) is 0 Å². The lowest BCUT2D eigenvalue weighted by atomic mass is 9.88. The van der Waals surface area contributed by atoms with Gasteiger partial charge in [-0.25, -0.2) is 9.79 Å². The fraction of sp³-hybridized carbons (Fsp3) is 0.800. The normalized spacial score (nSPS) is 21.0. The molecule has 0 aromatic carbocycles. The Labute approximate surface area is 167 Å². The highest BCUT2D eigenvalue weighted by Crippen LogP contribution is 2.25. The molecule has 1 aliphatic heterocycles. The minimum Gasteiger partial charge on any atom is -0.481 e. The Kier molecular flexibility index (Phi) is 9.07. The smallest absolute Gasteiger partial charge is 0.410 e. The summed E-state index contributed by atoms with van der Waals surface area (Å²) in [4.78, 5) is 42.2. The molecule has 0 bridgehead atoms. The maximum Gasteiger partial charge on any atom is 0.410 e. The van der Waals surface area contributed by atoms with Gasteiger partial charge in [-0.15, -0.1) is 0 Å². The molecule has 0 aromatic heterocycles. The van der Waals surface area contributed by atoms with E-state index < -0.39 is 35.4 Å². The number of aliphatic imine (C=N–C) groups is 1. The summed E-state index contributed by atoms with van der Waals surface area (Å²) in [6.07, 6.45) is 0.161. The number of rotatable bonds is 7. The highest BCUT2D eigenvalue weighted by atomic mass is 16.6. The molecule has 8 heteroatoms. The van der Waals surface area contributed by atoms with Gasteiger partial charge in [0.05, 0.1) is 18.4 Å². The summed E-state index contributed by atoms with van der Waals surface area (Å²) in [5.41, 5.74) is -0.0598. The van der Waals surface area contributed by atoms with Crippen LogP contribution < -0.4 is 0 Å². The van der Waals surface area contributed by atoms with Crippen LogP contribution in [0.15, 0.2) is 4.99 Å².